The maximum absolute atomic E-state index is 13.0. The van der Waals surface area contributed by atoms with Gasteiger partial charge in [0.1, 0.15) is 5.82 Å². The molecule has 1 saturated heterocycles. The van der Waals surface area contributed by atoms with Gasteiger partial charge in [0.2, 0.25) is 17.6 Å². The SMILES string of the molecule is Cc1ccc(CCC2CCN(C(=O)CCCc3nc(-c4ccc(F)cc4)no3)CC2)cc1. The van der Waals surface area contributed by atoms with Gasteiger partial charge in [-0.25, -0.2) is 4.39 Å². The van der Waals surface area contributed by atoms with Gasteiger partial charge in [0.05, 0.1) is 0 Å². The molecule has 1 fully saturated rings. The lowest BCUT2D eigenvalue weighted by molar-refractivity contribution is -0.132. The lowest BCUT2D eigenvalue weighted by Crippen LogP contribution is -2.38. The molecular weight excluding hydrogens is 405 g/mol. The molecule has 0 spiro atoms. The second-order valence-corrected chi connectivity index (χ2v) is 8.72. The number of halogens is 1. The first-order chi connectivity index (χ1) is 15.6. The molecule has 0 saturated carbocycles. The van der Waals surface area contributed by atoms with Gasteiger partial charge in [-0.05, 0) is 74.8 Å². The van der Waals surface area contributed by atoms with Crippen LogP contribution in [-0.4, -0.2) is 34.0 Å². The number of nitrogens with zero attached hydrogens (tertiary/aromatic N) is 3. The second kappa shape index (κ2) is 10.5. The fraction of sp³-hybridized carbons (Fsp3) is 0.423. The van der Waals surface area contributed by atoms with Crippen molar-refractivity contribution in [1.29, 1.82) is 0 Å². The Bertz CT molecular complexity index is 1010. The smallest absolute Gasteiger partial charge is 0.226 e. The van der Waals surface area contributed by atoms with E-state index in [0.717, 1.165) is 32.4 Å². The number of likely N-dealkylation sites (tertiary alicyclic amines) is 1. The van der Waals surface area contributed by atoms with Crippen LogP contribution in [0.4, 0.5) is 4.39 Å². The van der Waals surface area contributed by atoms with E-state index in [0.29, 0.717) is 42.5 Å². The van der Waals surface area contributed by atoms with Crippen molar-refractivity contribution < 1.29 is 13.7 Å². The molecular formula is C26H30FN3O2. The largest absolute Gasteiger partial charge is 0.343 e. The van der Waals surface area contributed by atoms with Crippen LogP contribution in [0.2, 0.25) is 0 Å². The minimum absolute atomic E-state index is 0.209. The van der Waals surface area contributed by atoms with Crippen molar-refractivity contribution in [2.75, 3.05) is 13.1 Å². The van der Waals surface area contributed by atoms with E-state index < -0.39 is 0 Å². The van der Waals surface area contributed by atoms with Crippen LogP contribution in [0.5, 0.6) is 0 Å². The fourth-order valence-corrected chi connectivity index (χ4v) is 4.22. The average Bonchev–Trinajstić information content (AvgIpc) is 3.28. The van der Waals surface area contributed by atoms with Gasteiger partial charge in [0.15, 0.2) is 0 Å². The highest BCUT2D eigenvalue weighted by Gasteiger charge is 2.22. The fourth-order valence-electron chi connectivity index (χ4n) is 4.22. The average molecular weight is 436 g/mol. The zero-order valence-electron chi connectivity index (χ0n) is 18.6. The van der Waals surface area contributed by atoms with E-state index >= 15 is 0 Å². The number of benzene rings is 2. The van der Waals surface area contributed by atoms with Crippen LogP contribution in [0.3, 0.4) is 0 Å². The van der Waals surface area contributed by atoms with Crippen LogP contribution in [0, 0.1) is 18.7 Å². The molecule has 1 aromatic heterocycles. The Hall–Kier alpha value is -3.02. The summed E-state index contributed by atoms with van der Waals surface area (Å²) in [6.07, 6.45) is 6.21. The maximum atomic E-state index is 13.0. The molecule has 1 aliphatic heterocycles. The Morgan fingerprint density at radius 3 is 2.50 bits per heavy atom. The van der Waals surface area contributed by atoms with Crippen molar-refractivity contribution in [2.45, 2.75) is 51.9 Å². The summed E-state index contributed by atoms with van der Waals surface area (Å²) >= 11 is 0. The van der Waals surface area contributed by atoms with Crippen molar-refractivity contribution in [1.82, 2.24) is 15.0 Å². The summed E-state index contributed by atoms with van der Waals surface area (Å²) in [6.45, 7) is 3.82. The molecule has 0 aliphatic carbocycles. The predicted octanol–water partition coefficient (Wildman–Crippen LogP) is 5.38. The minimum atomic E-state index is -0.300. The molecule has 2 heterocycles. The molecule has 1 amide bonds. The van der Waals surface area contributed by atoms with E-state index in [9.17, 15) is 9.18 Å². The Morgan fingerprint density at radius 1 is 1.06 bits per heavy atom. The third-order valence-electron chi connectivity index (χ3n) is 6.28. The summed E-state index contributed by atoms with van der Waals surface area (Å²) in [4.78, 5) is 18.9. The minimum Gasteiger partial charge on any atom is -0.343 e. The van der Waals surface area contributed by atoms with Gasteiger partial charge < -0.3 is 9.42 Å². The van der Waals surface area contributed by atoms with Gasteiger partial charge in [-0.15, -0.1) is 0 Å². The number of rotatable bonds is 8. The van der Waals surface area contributed by atoms with Crippen molar-refractivity contribution >= 4 is 5.91 Å². The van der Waals surface area contributed by atoms with E-state index in [1.807, 2.05) is 4.90 Å². The molecule has 5 nitrogen and oxygen atoms in total. The number of carbonyl (C=O) groups is 1. The van der Waals surface area contributed by atoms with Gasteiger partial charge in [-0.2, -0.15) is 4.98 Å². The number of amides is 1. The molecule has 3 aromatic rings. The molecule has 4 rings (SSSR count). The van der Waals surface area contributed by atoms with Crippen LogP contribution in [0.25, 0.3) is 11.4 Å². The van der Waals surface area contributed by atoms with E-state index in [2.05, 4.69) is 41.3 Å². The molecule has 0 radical (unpaired) electrons. The van der Waals surface area contributed by atoms with Crippen molar-refractivity contribution in [2.24, 2.45) is 5.92 Å². The van der Waals surface area contributed by atoms with Crippen molar-refractivity contribution in [3.8, 4) is 11.4 Å². The van der Waals surface area contributed by atoms with E-state index in [4.69, 9.17) is 4.52 Å². The number of aromatic nitrogens is 2. The summed E-state index contributed by atoms with van der Waals surface area (Å²) in [5, 5.41) is 3.95. The van der Waals surface area contributed by atoms with Crippen LogP contribution >= 0.6 is 0 Å². The molecule has 0 unspecified atom stereocenters. The third kappa shape index (κ3) is 6.02. The lowest BCUT2D eigenvalue weighted by Gasteiger charge is -2.32. The van der Waals surface area contributed by atoms with Crippen LogP contribution < -0.4 is 0 Å². The van der Waals surface area contributed by atoms with Crippen LogP contribution in [0.15, 0.2) is 53.1 Å². The molecule has 2 aromatic carbocycles. The first-order valence-electron chi connectivity index (χ1n) is 11.5. The highest BCUT2D eigenvalue weighted by atomic mass is 19.1. The maximum Gasteiger partial charge on any atom is 0.226 e. The van der Waals surface area contributed by atoms with Crippen molar-refractivity contribution in [3.63, 3.8) is 0 Å². The lowest BCUT2D eigenvalue weighted by atomic mass is 9.90. The topological polar surface area (TPSA) is 59.2 Å². The highest BCUT2D eigenvalue weighted by Crippen LogP contribution is 2.23. The van der Waals surface area contributed by atoms with E-state index in [1.54, 1.807) is 12.1 Å². The molecule has 0 N–H and O–H groups in total. The first-order valence-corrected chi connectivity index (χ1v) is 11.5. The molecule has 0 atom stereocenters. The van der Waals surface area contributed by atoms with Gasteiger partial charge in [-0.1, -0.05) is 35.0 Å². The van der Waals surface area contributed by atoms with Gasteiger partial charge >= 0.3 is 0 Å². The molecule has 0 bridgehead atoms. The third-order valence-corrected chi connectivity index (χ3v) is 6.28. The van der Waals surface area contributed by atoms with Gasteiger partial charge in [0, 0.05) is 31.5 Å². The second-order valence-electron chi connectivity index (χ2n) is 8.72. The molecule has 168 valence electrons. The number of carbonyl (C=O) groups excluding carboxylic acids is 1. The number of aryl methyl sites for hydroxylation is 3. The summed E-state index contributed by atoms with van der Waals surface area (Å²) in [5.74, 6) is 1.56. The highest BCUT2D eigenvalue weighted by molar-refractivity contribution is 5.76. The Kier molecular flexibility index (Phi) is 7.30. The molecule has 32 heavy (non-hydrogen) atoms. The van der Waals surface area contributed by atoms with E-state index in [1.165, 1.54) is 29.7 Å². The van der Waals surface area contributed by atoms with Crippen LogP contribution in [-0.2, 0) is 17.6 Å². The van der Waals surface area contributed by atoms with E-state index in [-0.39, 0.29) is 11.7 Å². The standard InChI is InChI=1S/C26H30FN3O2/c1-19-5-7-20(8-6-19)9-10-21-15-17-30(18-16-21)25(31)4-2-3-24-28-26(29-32-24)22-11-13-23(27)14-12-22/h5-8,11-14,21H,2-4,9-10,15-18H2,1H3. The Labute approximate surface area is 188 Å². The normalized spacial score (nSPS) is 14.6. The molecule has 6 heteroatoms. The number of hydrogen-bond donors (Lipinski definition) is 0. The summed E-state index contributed by atoms with van der Waals surface area (Å²) in [6, 6.07) is 14.8. The van der Waals surface area contributed by atoms with Gasteiger partial charge in [-0.3, -0.25) is 4.79 Å². The predicted molar refractivity (Wildman–Crippen MR) is 121 cm³/mol. The number of piperidine rings is 1. The summed E-state index contributed by atoms with van der Waals surface area (Å²) in [5.41, 5.74) is 3.41. The summed E-state index contributed by atoms with van der Waals surface area (Å²) in [7, 11) is 0. The van der Waals surface area contributed by atoms with Crippen molar-refractivity contribution in [3.05, 3.63) is 71.4 Å². The Morgan fingerprint density at radius 2 is 1.78 bits per heavy atom. The monoisotopic (exact) mass is 435 g/mol. The molecule has 1 aliphatic rings. The first kappa shape index (κ1) is 22.2. The number of hydrogen-bond acceptors (Lipinski definition) is 4. The quantitative estimate of drug-likeness (QED) is 0.477. The Balaban J connectivity index is 1.15. The zero-order valence-corrected chi connectivity index (χ0v) is 18.6. The van der Waals surface area contributed by atoms with Crippen LogP contribution in [0.1, 0.15) is 49.1 Å². The summed E-state index contributed by atoms with van der Waals surface area (Å²) < 4.78 is 18.3. The zero-order chi connectivity index (χ0) is 22.3. The van der Waals surface area contributed by atoms with Gasteiger partial charge in [0.25, 0.3) is 0 Å².